The molecule has 4 aromatic rings. The van der Waals surface area contributed by atoms with Crippen molar-refractivity contribution >= 4 is 39.9 Å². The van der Waals surface area contributed by atoms with E-state index in [9.17, 15) is 15.0 Å². The van der Waals surface area contributed by atoms with E-state index in [0.29, 0.717) is 21.1 Å². The van der Waals surface area contributed by atoms with Gasteiger partial charge in [-0.1, -0.05) is 29.8 Å². The highest BCUT2D eigenvalue weighted by Crippen LogP contribution is 2.37. The standard InChI is InChI=1S/C20H15ClN2O4S/c1-11(13-4-2-3-5-14(13)21)27-17-9-18(28-19(17)20(25)26)23-10-22-15-7-6-12(24)8-16(15)23/h2-11,24H,1H3,(H,25,26)/t11-/m1/s1. The number of carboxylic acids is 1. The Morgan fingerprint density at radius 3 is 2.79 bits per heavy atom. The first kappa shape index (κ1) is 18.3. The van der Waals surface area contributed by atoms with Gasteiger partial charge in [-0.25, -0.2) is 9.78 Å². The van der Waals surface area contributed by atoms with E-state index in [0.717, 1.165) is 16.9 Å². The van der Waals surface area contributed by atoms with E-state index in [-0.39, 0.29) is 16.4 Å². The normalized spacial score (nSPS) is 12.2. The fraction of sp³-hybridized carbons (Fsp3) is 0.100. The van der Waals surface area contributed by atoms with Crippen molar-refractivity contribution in [3.8, 4) is 16.5 Å². The van der Waals surface area contributed by atoms with Gasteiger partial charge in [0.1, 0.15) is 28.9 Å². The van der Waals surface area contributed by atoms with Crippen molar-refractivity contribution in [2.24, 2.45) is 0 Å². The van der Waals surface area contributed by atoms with Gasteiger partial charge < -0.3 is 14.9 Å². The molecule has 4 rings (SSSR count). The number of hydrogen-bond acceptors (Lipinski definition) is 5. The Balaban J connectivity index is 1.75. The molecule has 2 aromatic carbocycles. The van der Waals surface area contributed by atoms with Crippen molar-refractivity contribution in [3.63, 3.8) is 0 Å². The van der Waals surface area contributed by atoms with Crippen LogP contribution in [0.15, 0.2) is 54.9 Å². The van der Waals surface area contributed by atoms with Crippen LogP contribution in [0.3, 0.4) is 0 Å². The van der Waals surface area contributed by atoms with Crippen molar-refractivity contribution in [2.45, 2.75) is 13.0 Å². The predicted octanol–water partition coefficient (Wildman–Crippen LogP) is 5.28. The summed E-state index contributed by atoms with van der Waals surface area (Å²) in [6, 6.07) is 13.8. The third kappa shape index (κ3) is 3.30. The molecule has 0 aliphatic heterocycles. The number of phenolic OH excluding ortho intramolecular Hbond substituents is 1. The first-order valence-electron chi connectivity index (χ1n) is 8.38. The molecule has 28 heavy (non-hydrogen) atoms. The number of aromatic carboxylic acids is 1. The number of thiophene rings is 1. The largest absolute Gasteiger partial charge is 0.508 e. The van der Waals surface area contributed by atoms with Gasteiger partial charge in [0, 0.05) is 22.7 Å². The van der Waals surface area contributed by atoms with Gasteiger partial charge in [0.25, 0.3) is 0 Å². The minimum Gasteiger partial charge on any atom is -0.508 e. The van der Waals surface area contributed by atoms with E-state index in [1.165, 1.54) is 0 Å². The van der Waals surface area contributed by atoms with Crippen LogP contribution in [0, 0.1) is 0 Å². The molecule has 142 valence electrons. The van der Waals surface area contributed by atoms with E-state index in [1.807, 2.05) is 25.1 Å². The smallest absolute Gasteiger partial charge is 0.349 e. The number of aromatic hydroxyl groups is 1. The molecule has 0 saturated heterocycles. The fourth-order valence-corrected chi connectivity index (χ4v) is 4.15. The van der Waals surface area contributed by atoms with Crippen molar-refractivity contribution in [1.29, 1.82) is 0 Å². The number of aromatic nitrogens is 2. The zero-order valence-electron chi connectivity index (χ0n) is 14.7. The van der Waals surface area contributed by atoms with E-state index < -0.39 is 12.1 Å². The Morgan fingerprint density at radius 2 is 2.04 bits per heavy atom. The summed E-state index contributed by atoms with van der Waals surface area (Å²) in [5, 5.41) is 20.6. The summed E-state index contributed by atoms with van der Waals surface area (Å²) >= 11 is 7.30. The quantitative estimate of drug-likeness (QED) is 0.463. The van der Waals surface area contributed by atoms with Gasteiger partial charge in [-0.3, -0.25) is 4.57 Å². The lowest BCUT2D eigenvalue weighted by Gasteiger charge is -2.15. The number of imidazole rings is 1. The predicted molar refractivity (Wildman–Crippen MR) is 108 cm³/mol. The Bertz CT molecular complexity index is 1180. The van der Waals surface area contributed by atoms with Crippen molar-refractivity contribution in [2.75, 3.05) is 0 Å². The summed E-state index contributed by atoms with van der Waals surface area (Å²) in [6.07, 6.45) is 1.15. The lowest BCUT2D eigenvalue weighted by Crippen LogP contribution is -2.06. The SMILES string of the molecule is C[C@@H](Oc1cc(-n2cnc3ccc(O)cc32)sc1C(=O)O)c1ccccc1Cl. The number of ether oxygens (including phenoxy) is 1. The van der Waals surface area contributed by atoms with Crippen LogP contribution in [0.25, 0.3) is 16.0 Å². The minimum atomic E-state index is -1.08. The molecule has 0 spiro atoms. The Hall–Kier alpha value is -3.03. The van der Waals surface area contributed by atoms with Gasteiger partial charge in [0.2, 0.25) is 0 Å². The number of halogens is 1. The lowest BCUT2D eigenvalue weighted by molar-refractivity contribution is 0.0696. The molecule has 2 aromatic heterocycles. The Morgan fingerprint density at radius 1 is 1.25 bits per heavy atom. The summed E-state index contributed by atoms with van der Waals surface area (Å²) < 4.78 is 7.67. The second-order valence-corrected chi connectivity index (χ2v) is 7.59. The van der Waals surface area contributed by atoms with Crippen LogP contribution in [0.2, 0.25) is 5.02 Å². The maximum Gasteiger partial charge on any atom is 0.349 e. The second-order valence-electron chi connectivity index (χ2n) is 6.15. The number of benzene rings is 2. The van der Waals surface area contributed by atoms with Gasteiger partial charge in [-0.15, -0.1) is 11.3 Å². The molecular weight excluding hydrogens is 400 g/mol. The molecule has 6 nitrogen and oxygen atoms in total. The van der Waals surface area contributed by atoms with Gasteiger partial charge >= 0.3 is 5.97 Å². The molecular formula is C20H15ClN2O4S. The van der Waals surface area contributed by atoms with E-state index in [4.69, 9.17) is 16.3 Å². The van der Waals surface area contributed by atoms with Crippen LogP contribution in [0.4, 0.5) is 0 Å². The molecule has 0 fully saturated rings. The third-order valence-electron chi connectivity index (χ3n) is 4.29. The van der Waals surface area contributed by atoms with E-state index in [2.05, 4.69) is 4.98 Å². The van der Waals surface area contributed by atoms with Crippen LogP contribution in [0.5, 0.6) is 11.5 Å². The highest BCUT2D eigenvalue weighted by Gasteiger charge is 2.22. The van der Waals surface area contributed by atoms with Crippen LogP contribution in [0.1, 0.15) is 28.3 Å². The molecule has 2 N–H and O–H groups in total. The monoisotopic (exact) mass is 414 g/mol. The Kier molecular flexibility index (Phi) is 4.70. The maximum atomic E-state index is 11.7. The number of carboxylic acid groups (broad SMARTS) is 1. The summed E-state index contributed by atoms with van der Waals surface area (Å²) in [5.41, 5.74) is 2.13. The van der Waals surface area contributed by atoms with Crippen molar-refractivity contribution in [1.82, 2.24) is 9.55 Å². The molecule has 0 unspecified atom stereocenters. The van der Waals surface area contributed by atoms with Crippen molar-refractivity contribution < 1.29 is 19.7 Å². The summed E-state index contributed by atoms with van der Waals surface area (Å²) in [6.45, 7) is 1.81. The summed E-state index contributed by atoms with van der Waals surface area (Å²) in [4.78, 5) is 16.1. The van der Waals surface area contributed by atoms with E-state index in [1.54, 1.807) is 41.2 Å². The number of phenols is 1. The number of nitrogens with zero attached hydrogens (tertiary/aromatic N) is 2. The van der Waals surface area contributed by atoms with Crippen LogP contribution in [-0.4, -0.2) is 25.7 Å². The number of hydrogen-bond donors (Lipinski definition) is 2. The average molecular weight is 415 g/mol. The first-order chi connectivity index (χ1) is 13.4. The number of carbonyl (C=O) groups is 1. The van der Waals surface area contributed by atoms with Crippen LogP contribution >= 0.6 is 22.9 Å². The number of fused-ring (bicyclic) bond motifs is 1. The molecule has 2 heterocycles. The molecule has 0 saturated carbocycles. The first-order valence-corrected chi connectivity index (χ1v) is 9.58. The molecule has 0 bridgehead atoms. The van der Waals surface area contributed by atoms with Gasteiger partial charge in [0.15, 0.2) is 4.88 Å². The summed E-state index contributed by atoms with van der Waals surface area (Å²) in [7, 11) is 0. The van der Waals surface area contributed by atoms with Crippen molar-refractivity contribution in [3.05, 3.63) is 70.3 Å². The summed E-state index contributed by atoms with van der Waals surface area (Å²) in [5.74, 6) is -0.722. The zero-order valence-corrected chi connectivity index (χ0v) is 16.2. The van der Waals surface area contributed by atoms with E-state index >= 15 is 0 Å². The third-order valence-corrected chi connectivity index (χ3v) is 5.74. The lowest BCUT2D eigenvalue weighted by atomic mass is 10.1. The zero-order chi connectivity index (χ0) is 19.8. The topological polar surface area (TPSA) is 84.6 Å². The van der Waals surface area contributed by atoms with Crippen LogP contribution < -0.4 is 4.74 Å². The van der Waals surface area contributed by atoms with Crippen LogP contribution in [-0.2, 0) is 0 Å². The number of rotatable bonds is 5. The molecule has 0 radical (unpaired) electrons. The van der Waals surface area contributed by atoms with Gasteiger partial charge in [0.05, 0.1) is 11.0 Å². The highest BCUT2D eigenvalue weighted by molar-refractivity contribution is 7.16. The average Bonchev–Trinajstić information content (AvgIpc) is 3.25. The molecule has 1 atom stereocenters. The Labute approximate surface area is 169 Å². The highest BCUT2D eigenvalue weighted by atomic mass is 35.5. The second kappa shape index (κ2) is 7.18. The minimum absolute atomic E-state index is 0.0795. The molecule has 0 amide bonds. The molecule has 0 aliphatic rings. The van der Waals surface area contributed by atoms with Gasteiger partial charge in [-0.05, 0) is 25.1 Å². The molecule has 8 heteroatoms. The fourth-order valence-electron chi connectivity index (χ4n) is 2.95. The van der Waals surface area contributed by atoms with Gasteiger partial charge in [-0.2, -0.15) is 0 Å². The maximum absolute atomic E-state index is 11.7. The molecule has 0 aliphatic carbocycles.